The fourth-order valence-electron chi connectivity index (χ4n) is 5.73. The molecular formula is C35H39ClFN5O3S. The first-order valence-electron chi connectivity index (χ1n) is 15.5. The summed E-state index contributed by atoms with van der Waals surface area (Å²) in [5, 5.41) is 15.8. The maximum Gasteiger partial charge on any atom is 0.322 e. The van der Waals surface area contributed by atoms with Gasteiger partial charge in [-0.3, -0.25) is 4.79 Å². The second-order valence-corrected chi connectivity index (χ2v) is 15.4. The van der Waals surface area contributed by atoms with Gasteiger partial charge in [-0.15, -0.1) is 4.72 Å². The highest BCUT2D eigenvalue weighted by Crippen LogP contribution is 2.43. The zero-order valence-electron chi connectivity index (χ0n) is 26.2. The van der Waals surface area contributed by atoms with Gasteiger partial charge in [0.15, 0.2) is 0 Å². The van der Waals surface area contributed by atoms with Crippen molar-refractivity contribution in [3.8, 4) is 6.07 Å². The van der Waals surface area contributed by atoms with Crippen molar-refractivity contribution in [1.82, 2.24) is 9.62 Å². The molecule has 3 amide bonds. The maximum atomic E-state index is 15.4. The lowest BCUT2D eigenvalue weighted by Gasteiger charge is -2.39. The number of nitrogens with one attached hydrogen (secondary N) is 3. The first-order chi connectivity index (χ1) is 21.9. The van der Waals surface area contributed by atoms with E-state index in [4.69, 9.17) is 11.6 Å². The van der Waals surface area contributed by atoms with E-state index in [0.29, 0.717) is 53.6 Å². The summed E-state index contributed by atoms with van der Waals surface area (Å²) in [6.45, 7) is 6.00. The van der Waals surface area contributed by atoms with Crippen LogP contribution in [0.5, 0.6) is 0 Å². The molecule has 1 unspecified atom stereocenters. The van der Waals surface area contributed by atoms with Gasteiger partial charge >= 0.3 is 6.03 Å². The summed E-state index contributed by atoms with van der Waals surface area (Å²) in [4.78, 5) is 28.2. The van der Waals surface area contributed by atoms with E-state index in [9.17, 15) is 19.4 Å². The van der Waals surface area contributed by atoms with Crippen molar-refractivity contribution in [3.05, 3.63) is 94.3 Å². The van der Waals surface area contributed by atoms with Gasteiger partial charge in [0.05, 0.1) is 17.3 Å². The standard InChI is InChI=1S/C35H39ClFN5O3S/c1-34(2,3)46(45)41-35(18-17-23-9-10-23,25-7-4-6-24(20-25)22-38)26-11-16-29(37)30(21-26)40-32(43)31-8-5-19-42(31)33(44)39-28-14-12-27(36)13-15-28/h4,6-7,11-16,20-21,23,31,41H,5,8-10,17-19H2,1-3H3,(H,39,44)(H,40,43)/t31-,35?,46+/m0/s1. The molecular weight excluding hydrogens is 625 g/mol. The smallest absolute Gasteiger partial charge is 0.322 e. The number of nitriles is 1. The molecule has 0 bridgehead atoms. The van der Waals surface area contributed by atoms with Crippen LogP contribution in [0, 0.1) is 23.1 Å². The van der Waals surface area contributed by atoms with Gasteiger partial charge < -0.3 is 20.1 Å². The van der Waals surface area contributed by atoms with Crippen molar-refractivity contribution in [2.75, 3.05) is 17.2 Å². The van der Waals surface area contributed by atoms with Gasteiger partial charge in [-0.05, 0) is 112 Å². The van der Waals surface area contributed by atoms with Crippen molar-refractivity contribution in [2.24, 2.45) is 5.92 Å². The molecule has 2 fully saturated rings. The third-order valence-corrected chi connectivity index (χ3v) is 10.5. The van der Waals surface area contributed by atoms with E-state index < -0.39 is 45.4 Å². The highest BCUT2D eigenvalue weighted by molar-refractivity contribution is 7.90. The van der Waals surface area contributed by atoms with Gasteiger partial charge in [0.25, 0.3) is 0 Å². The molecule has 0 aromatic heterocycles. The lowest BCUT2D eigenvalue weighted by Crippen LogP contribution is -2.52. The van der Waals surface area contributed by atoms with E-state index in [0.717, 1.165) is 24.8 Å². The highest BCUT2D eigenvalue weighted by Gasteiger charge is 2.44. The number of urea groups is 1. The summed E-state index contributed by atoms with van der Waals surface area (Å²) in [6, 6.07) is 19.3. The number of halogens is 2. The Hall–Kier alpha value is -3.62. The van der Waals surface area contributed by atoms with Crippen molar-refractivity contribution >= 4 is 46.3 Å². The Morgan fingerprint density at radius 3 is 2.43 bits per heavy atom. The number of nitrogens with zero attached hydrogens (tertiary/aromatic N) is 2. The molecule has 8 nitrogen and oxygen atoms in total. The van der Waals surface area contributed by atoms with Crippen molar-refractivity contribution in [3.63, 3.8) is 0 Å². The Kier molecular flexibility index (Phi) is 10.3. The molecule has 3 atom stereocenters. The van der Waals surface area contributed by atoms with E-state index in [1.807, 2.05) is 26.8 Å². The van der Waals surface area contributed by atoms with Crippen molar-refractivity contribution in [1.29, 1.82) is 5.26 Å². The molecule has 46 heavy (non-hydrogen) atoms. The summed E-state index contributed by atoms with van der Waals surface area (Å²) in [6.07, 6.45) is 4.67. The molecule has 1 saturated heterocycles. The molecule has 11 heteroatoms. The minimum Gasteiger partial charge on any atom is -0.598 e. The number of hydrogen-bond donors (Lipinski definition) is 3. The van der Waals surface area contributed by atoms with E-state index in [-0.39, 0.29) is 5.69 Å². The van der Waals surface area contributed by atoms with Gasteiger partial charge in [0.1, 0.15) is 22.1 Å². The van der Waals surface area contributed by atoms with Gasteiger partial charge in [0.2, 0.25) is 5.91 Å². The third-order valence-electron chi connectivity index (χ3n) is 8.56. The number of anilines is 2. The predicted octanol–water partition coefficient (Wildman–Crippen LogP) is 7.47. The first-order valence-corrected chi connectivity index (χ1v) is 17.1. The number of likely N-dealkylation sites (tertiary alicyclic amines) is 1. The van der Waals surface area contributed by atoms with Crippen molar-refractivity contribution < 1.29 is 18.5 Å². The summed E-state index contributed by atoms with van der Waals surface area (Å²) >= 11 is 4.42. The molecule has 3 N–H and O–H groups in total. The van der Waals surface area contributed by atoms with Gasteiger partial charge in [-0.2, -0.15) is 5.26 Å². The molecule has 1 heterocycles. The van der Waals surface area contributed by atoms with E-state index in [1.54, 1.807) is 54.6 Å². The number of benzene rings is 3. The zero-order valence-corrected chi connectivity index (χ0v) is 27.8. The molecule has 5 rings (SSSR count). The lowest BCUT2D eigenvalue weighted by atomic mass is 9.79. The Morgan fingerprint density at radius 2 is 1.76 bits per heavy atom. The number of rotatable bonds is 10. The molecule has 3 aromatic carbocycles. The molecule has 242 valence electrons. The normalized spacial score (nSPS) is 18.4. The molecule has 1 saturated carbocycles. The van der Waals surface area contributed by atoms with Crippen LogP contribution < -0.4 is 15.4 Å². The first kappa shape index (κ1) is 33.7. The van der Waals surface area contributed by atoms with E-state index in [2.05, 4.69) is 21.4 Å². The van der Waals surface area contributed by atoms with Crippen LogP contribution in [0.15, 0.2) is 66.7 Å². The van der Waals surface area contributed by atoms with Gasteiger partial charge in [-0.1, -0.05) is 42.6 Å². The fourth-order valence-corrected chi connectivity index (χ4v) is 6.82. The van der Waals surface area contributed by atoms with E-state index >= 15 is 4.39 Å². The quantitative estimate of drug-likeness (QED) is 0.194. The Labute approximate surface area is 278 Å². The third kappa shape index (κ3) is 7.84. The molecule has 0 radical (unpaired) electrons. The molecule has 0 spiro atoms. The van der Waals surface area contributed by atoms with Crippen LogP contribution >= 0.6 is 11.6 Å². The monoisotopic (exact) mass is 663 g/mol. The second-order valence-electron chi connectivity index (χ2n) is 13.0. The second kappa shape index (κ2) is 14.0. The minimum atomic E-state index is -1.54. The number of carbonyl (C=O) groups excluding carboxylic acids is 2. The van der Waals surface area contributed by atoms with E-state index in [1.165, 1.54) is 11.0 Å². The van der Waals surface area contributed by atoms with Crippen LogP contribution in [0.25, 0.3) is 0 Å². The lowest BCUT2D eigenvalue weighted by molar-refractivity contribution is -0.119. The van der Waals surface area contributed by atoms with Crippen LogP contribution in [0.2, 0.25) is 5.02 Å². The zero-order chi connectivity index (χ0) is 33.1. The van der Waals surface area contributed by atoms with Crippen LogP contribution in [-0.4, -0.2) is 38.7 Å². The summed E-state index contributed by atoms with van der Waals surface area (Å²) in [5.41, 5.74) is 1.25. The average Bonchev–Trinajstić information content (AvgIpc) is 3.73. The molecule has 1 aliphatic carbocycles. The average molecular weight is 664 g/mol. The van der Waals surface area contributed by atoms with Crippen LogP contribution in [0.4, 0.5) is 20.6 Å². The minimum absolute atomic E-state index is 0.0389. The van der Waals surface area contributed by atoms with Crippen molar-refractivity contribution in [2.45, 2.75) is 75.6 Å². The van der Waals surface area contributed by atoms with Crippen LogP contribution in [0.1, 0.15) is 76.0 Å². The predicted molar refractivity (Wildman–Crippen MR) is 180 cm³/mol. The highest BCUT2D eigenvalue weighted by atomic mass is 35.5. The summed E-state index contributed by atoms with van der Waals surface area (Å²) in [7, 11) is 0. The molecule has 2 aliphatic rings. The Balaban J connectivity index is 1.47. The SMILES string of the molecule is CC(C)(C)[S@@+]([O-])NC(CCC1CC1)(c1cccc(C#N)c1)c1ccc(F)c(NC(=O)[C@@H]2CCCN2C(=O)Nc2ccc(Cl)cc2)c1. The topological polar surface area (TPSA) is 120 Å². The van der Waals surface area contributed by atoms with Gasteiger partial charge in [0, 0.05) is 28.6 Å². The fraction of sp³-hybridized carbons (Fsp3) is 0.400. The Bertz CT molecular complexity index is 1620. The Morgan fingerprint density at radius 1 is 1.04 bits per heavy atom. The van der Waals surface area contributed by atoms with Gasteiger partial charge in [-0.25, -0.2) is 9.18 Å². The van der Waals surface area contributed by atoms with Crippen LogP contribution in [-0.2, 0) is 21.7 Å². The summed E-state index contributed by atoms with van der Waals surface area (Å²) in [5.74, 6) is -0.595. The number of hydrogen-bond acceptors (Lipinski definition) is 5. The summed E-state index contributed by atoms with van der Waals surface area (Å²) < 4.78 is 32.0. The molecule has 3 aromatic rings. The number of carbonyl (C=O) groups is 2. The number of amides is 3. The van der Waals surface area contributed by atoms with Crippen LogP contribution in [0.3, 0.4) is 0 Å². The molecule has 1 aliphatic heterocycles. The maximum absolute atomic E-state index is 15.4. The largest absolute Gasteiger partial charge is 0.598 e.